The zero-order valence-corrected chi connectivity index (χ0v) is 22.1. The lowest BCUT2D eigenvalue weighted by molar-refractivity contribution is -0.274. The largest absolute Gasteiger partial charge is 0.573 e. The molecule has 0 spiro atoms. The molecule has 0 fully saturated rings. The molecule has 1 aromatic heterocycles. The number of nitrogens with one attached hydrogen (secondary N) is 4. The average Bonchev–Trinajstić information content (AvgIpc) is 3.49. The zero-order chi connectivity index (χ0) is 29.5. The maximum atomic E-state index is 13.1. The van der Waals surface area contributed by atoms with E-state index in [1.165, 1.54) is 24.1 Å². The predicted octanol–water partition coefficient (Wildman–Crippen LogP) is 6.22. The molecule has 1 atom stereocenters. The van der Waals surface area contributed by atoms with Gasteiger partial charge in [0.1, 0.15) is 5.75 Å². The number of aromatic nitrogens is 4. The number of urea groups is 1. The third kappa shape index (κ3) is 7.50. The number of tetrazole rings is 1. The van der Waals surface area contributed by atoms with Gasteiger partial charge in [-0.2, -0.15) is 5.21 Å². The van der Waals surface area contributed by atoms with Gasteiger partial charge in [0.05, 0.1) is 6.04 Å². The van der Waals surface area contributed by atoms with Crippen LogP contribution in [-0.4, -0.2) is 38.9 Å². The van der Waals surface area contributed by atoms with Gasteiger partial charge >= 0.3 is 12.4 Å². The van der Waals surface area contributed by atoms with Gasteiger partial charge in [0.25, 0.3) is 11.9 Å². The third-order valence-electron chi connectivity index (χ3n) is 6.58. The number of carbonyl (C=O) groups excluding carboxylic acids is 2. The minimum atomic E-state index is -4.86. The van der Waals surface area contributed by atoms with Crippen LogP contribution in [0.5, 0.6) is 5.75 Å². The Labute approximate surface area is 238 Å². The second-order valence-electron chi connectivity index (χ2n) is 9.52. The lowest BCUT2D eigenvalue weighted by Crippen LogP contribution is -2.33. The second-order valence-corrected chi connectivity index (χ2v) is 9.52. The van der Waals surface area contributed by atoms with Gasteiger partial charge in [0.2, 0.25) is 0 Å². The predicted molar refractivity (Wildman–Crippen MR) is 149 cm³/mol. The Hall–Kier alpha value is -5.20. The van der Waals surface area contributed by atoms with Crippen LogP contribution in [0.15, 0.2) is 78.9 Å². The van der Waals surface area contributed by atoms with Crippen molar-refractivity contribution < 1.29 is 27.5 Å². The van der Waals surface area contributed by atoms with Crippen molar-refractivity contribution in [2.45, 2.75) is 38.1 Å². The Morgan fingerprint density at radius 1 is 0.929 bits per heavy atom. The molecular weight excluding hydrogens is 551 g/mol. The molecule has 0 radical (unpaired) electrons. The molecule has 0 aliphatic heterocycles. The van der Waals surface area contributed by atoms with Gasteiger partial charge in [-0.05, 0) is 77.4 Å². The van der Waals surface area contributed by atoms with Crippen LogP contribution in [0.1, 0.15) is 58.8 Å². The molecule has 4 aromatic rings. The third-order valence-corrected chi connectivity index (χ3v) is 6.58. The van der Waals surface area contributed by atoms with Gasteiger partial charge < -0.3 is 15.4 Å². The topological polar surface area (TPSA) is 134 Å². The summed E-state index contributed by atoms with van der Waals surface area (Å²) in [5.41, 5.74) is 4.27. The fourth-order valence-electron chi connectivity index (χ4n) is 4.63. The first-order valence-electron chi connectivity index (χ1n) is 13.1. The zero-order valence-electron chi connectivity index (χ0n) is 22.1. The molecule has 216 valence electrons. The van der Waals surface area contributed by atoms with E-state index in [-0.39, 0.29) is 11.6 Å². The van der Waals surface area contributed by atoms with E-state index in [1.54, 1.807) is 24.3 Å². The number of nitrogens with zero attached hydrogens (tertiary/aromatic N) is 3. The first-order valence-corrected chi connectivity index (χ1v) is 13.1. The molecule has 1 unspecified atom stereocenters. The van der Waals surface area contributed by atoms with Crippen molar-refractivity contribution in [2.24, 2.45) is 0 Å². The smallest absolute Gasteiger partial charge is 0.406 e. The van der Waals surface area contributed by atoms with Gasteiger partial charge in [-0.25, -0.2) is 4.79 Å². The number of aromatic amines is 1. The van der Waals surface area contributed by atoms with Crippen LogP contribution in [0.3, 0.4) is 0 Å². The van der Waals surface area contributed by atoms with Crippen LogP contribution in [0.4, 0.5) is 29.6 Å². The summed E-state index contributed by atoms with van der Waals surface area (Å²) in [5, 5.41) is 21.0. The van der Waals surface area contributed by atoms with Crippen LogP contribution >= 0.6 is 0 Å². The van der Waals surface area contributed by atoms with Crippen LogP contribution in [0.2, 0.25) is 0 Å². The standard InChI is InChI=1S/C29H26F3N7O3/c30-29(31,32)42-24-8-4-7-23(17-24)33-28(41)34-25(20-11-9-19(10-12-20)18-5-2-1-3-6-18)21-13-15-22(16-14-21)26(40)35-27-36-38-39-37-27/h4-5,7-17,25H,1-3,6H2,(H2,33,34,41)(H2,35,36,37,38,39,40). The maximum absolute atomic E-state index is 13.1. The molecule has 0 bridgehead atoms. The average molecular weight is 578 g/mol. The number of amides is 3. The maximum Gasteiger partial charge on any atom is 0.573 e. The summed E-state index contributed by atoms with van der Waals surface area (Å²) in [6, 6.07) is 18.1. The number of ether oxygens (including phenoxy) is 1. The second kappa shape index (κ2) is 12.5. The van der Waals surface area contributed by atoms with E-state index in [1.807, 2.05) is 24.3 Å². The molecule has 3 amide bonds. The minimum absolute atomic E-state index is 0.0261. The van der Waals surface area contributed by atoms with E-state index < -0.39 is 30.1 Å². The van der Waals surface area contributed by atoms with E-state index in [4.69, 9.17) is 0 Å². The molecule has 5 rings (SSSR count). The first kappa shape index (κ1) is 28.3. The van der Waals surface area contributed by atoms with Gasteiger partial charge in [-0.1, -0.05) is 53.6 Å². The molecule has 0 saturated heterocycles. The number of alkyl halides is 3. The van der Waals surface area contributed by atoms with Crippen LogP contribution < -0.4 is 20.7 Å². The van der Waals surface area contributed by atoms with Crippen molar-refractivity contribution in [2.75, 3.05) is 10.6 Å². The van der Waals surface area contributed by atoms with Crippen molar-refractivity contribution in [3.05, 3.63) is 101 Å². The molecular formula is C29H26F3N7O3. The molecule has 42 heavy (non-hydrogen) atoms. The molecule has 0 saturated carbocycles. The number of carbonyl (C=O) groups is 2. The number of allylic oxidation sites excluding steroid dienone is 2. The number of benzene rings is 3. The number of H-pyrrole nitrogens is 1. The normalized spacial score (nSPS) is 13.9. The fraction of sp³-hybridized carbons (Fsp3) is 0.207. The van der Waals surface area contributed by atoms with Crippen molar-refractivity contribution >= 4 is 29.1 Å². The summed E-state index contributed by atoms with van der Waals surface area (Å²) in [4.78, 5) is 25.6. The number of halogens is 3. The van der Waals surface area contributed by atoms with Gasteiger partial charge in [0, 0.05) is 17.3 Å². The molecule has 4 N–H and O–H groups in total. The van der Waals surface area contributed by atoms with E-state index >= 15 is 0 Å². The number of anilines is 2. The Morgan fingerprint density at radius 2 is 1.67 bits per heavy atom. The van der Waals surface area contributed by atoms with E-state index in [2.05, 4.69) is 47.4 Å². The summed E-state index contributed by atoms with van der Waals surface area (Å²) < 4.78 is 41.9. The number of rotatable bonds is 8. The minimum Gasteiger partial charge on any atom is -0.406 e. The summed E-state index contributed by atoms with van der Waals surface area (Å²) in [6.45, 7) is 0. The Kier molecular flexibility index (Phi) is 8.46. The van der Waals surface area contributed by atoms with Gasteiger partial charge in [-0.15, -0.1) is 18.3 Å². The van der Waals surface area contributed by atoms with Crippen molar-refractivity contribution in [3.63, 3.8) is 0 Å². The Bertz CT molecular complexity index is 1550. The molecule has 1 aliphatic rings. The van der Waals surface area contributed by atoms with Crippen LogP contribution in [0.25, 0.3) is 5.57 Å². The monoisotopic (exact) mass is 577 g/mol. The molecule has 13 heteroatoms. The highest BCUT2D eigenvalue weighted by molar-refractivity contribution is 6.03. The van der Waals surface area contributed by atoms with Crippen molar-refractivity contribution in [1.82, 2.24) is 25.9 Å². The molecule has 3 aromatic carbocycles. The number of hydrogen-bond donors (Lipinski definition) is 4. The highest BCUT2D eigenvalue weighted by atomic mass is 19.4. The summed E-state index contributed by atoms with van der Waals surface area (Å²) in [6.07, 6.45) is 1.76. The molecule has 1 heterocycles. The summed E-state index contributed by atoms with van der Waals surface area (Å²) in [5.74, 6) is -0.881. The quantitative estimate of drug-likeness (QED) is 0.197. The fourth-order valence-corrected chi connectivity index (χ4v) is 4.63. The Balaban J connectivity index is 1.37. The summed E-state index contributed by atoms with van der Waals surface area (Å²) >= 11 is 0. The Morgan fingerprint density at radius 3 is 2.31 bits per heavy atom. The highest BCUT2D eigenvalue weighted by Crippen LogP contribution is 2.30. The van der Waals surface area contributed by atoms with Gasteiger partial charge in [0.15, 0.2) is 0 Å². The van der Waals surface area contributed by atoms with Crippen LogP contribution in [-0.2, 0) is 0 Å². The van der Waals surface area contributed by atoms with E-state index in [9.17, 15) is 22.8 Å². The van der Waals surface area contributed by atoms with Crippen molar-refractivity contribution in [3.8, 4) is 5.75 Å². The first-order chi connectivity index (χ1) is 20.2. The van der Waals surface area contributed by atoms with Crippen molar-refractivity contribution in [1.29, 1.82) is 0 Å². The molecule has 1 aliphatic carbocycles. The lowest BCUT2D eigenvalue weighted by atomic mass is 9.91. The molecule has 10 nitrogen and oxygen atoms in total. The number of hydrogen-bond acceptors (Lipinski definition) is 6. The summed E-state index contributed by atoms with van der Waals surface area (Å²) in [7, 11) is 0. The highest BCUT2D eigenvalue weighted by Gasteiger charge is 2.31. The van der Waals surface area contributed by atoms with E-state index in [0.717, 1.165) is 42.5 Å². The van der Waals surface area contributed by atoms with E-state index in [0.29, 0.717) is 11.1 Å². The lowest BCUT2D eigenvalue weighted by Gasteiger charge is -2.21. The van der Waals surface area contributed by atoms with Crippen LogP contribution in [0, 0.1) is 0 Å². The van der Waals surface area contributed by atoms with Gasteiger partial charge in [-0.3, -0.25) is 10.1 Å². The SMILES string of the molecule is O=C(Nc1cccc(OC(F)(F)F)c1)NC(c1ccc(C(=O)Nc2nn[nH]n2)cc1)c1ccc(C2=CCCCC2)cc1.